The van der Waals surface area contributed by atoms with Crippen LogP contribution in [0.25, 0.3) is 0 Å². The SMILES string of the molecule is CC/C=C\C/C=C\C/C=C\C/C=C\C/C=C\C/C=C\C/C=C\C/C=C\C/C=C\C/C=C\CCCCCCC(=O)NC(COP(=O)(O)OCC[N+](C)(C)C)C(O)/C=C/CCCCCCCCCCCCCCCCCCCCCCCCCCCC. The van der Waals surface area contributed by atoms with Crippen LogP contribution in [0.1, 0.15) is 290 Å². The highest BCUT2D eigenvalue weighted by Gasteiger charge is 2.28. The van der Waals surface area contributed by atoms with Gasteiger partial charge in [0.25, 0.3) is 0 Å². The van der Waals surface area contributed by atoms with E-state index in [1.54, 1.807) is 6.08 Å². The van der Waals surface area contributed by atoms with Crippen molar-refractivity contribution >= 4 is 13.7 Å². The lowest BCUT2D eigenvalue weighted by molar-refractivity contribution is -0.870. The molecule has 9 heteroatoms. The van der Waals surface area contributed by atoms with E-state index >= 15 is 0 Å². The van der Waals surface area contributed by atoms with Gasteiger partial charge in [-0.15, -0.1) is 0 Å². The Morgan fingerprint density at radius 3 is 1.04 bits per heavy atom. The van der Waals surface area contributed by atoms with Crippen LogP contribution in [0, 0.1) is 0 Å². The number of rotatable bonds is 63. The van der Waals surface area contributed by atoms with E-state index in [2.05, 4.69) is 141 Å². The number of likely N-dealkylation sites (N-methyl/N-ethyl adjacent to an activating group) is 1. The van der Waals surface area contributed by atoms with Gasteiger partial charge >= 0.3 is 7.82 Å². The molecule has 3 N–H and O–H groups in total. The number of nitrogens with zero attached hydrogens (tertiary/aromatic N) is 1. The average Bonchev–Trinajstić information content (AvgIpc) is 3.48. The molecular weight excluding hydrogens is 1070 g/mol. The van der Waals surface area contributed by atoms with Crippen molar-refractivity contribution in [1.29, 1.82) is 0 Å². The predicted molar refractivity (Wildman–Crippen MR) is 373 cm³/mol. The van der Waals surface area contributed by atoms with Crippen molar-refractivity contribution in [3.63, 3.8) is 0 Å². The second kappa shape index (κ2) is 65.1. The third kappa shape index (κ3) is 68.0. The van der Waals surface area contributed by atoms with Crippen molar-refractivity contribution in [3.05, 3.63) is 134 Å². The highest BCUT2D eigenvalue weighted by atomic mass is 31.2. The molecule has 0 heterocycles. The Morgan fingerprint density at radius 2 is 0.706 bits per heavy atom. The number of carbonyl (C=O) groups is 1. The van der Waals surface area contributed by atoms with Gasteiger partial charge in [0.2, 0.25) is 5.91 Å². The van der Waals surface area contributed by atoms with E-state index in [0.717, 1.165) is 116 Å². The summed E-state index contributed by atoms with van der Waals surface area (Å²) in [6.45, 7) is 4.70. The molecule has 3 unspecified atom stereocenters. The van der Waals surface area contributed by atoms with Gasteiger partial charge < -0.3 is 19.8 Å². The Labute approximate surface area is 526 Å². The number of carbonyl (C=O) groups excluding carboxylic acids is 1. The molecule has 3 atom stereocenters. The lowest BCUT2D eigenvalue weighted by Gasteiger charge is -2.25. The van der Waals surface area contributed by atoms with Gasteiger partial charge in [-0.05, 0) is 96.3 Å². The minimum atomic E-state index is -4.37. The molecule has 488 valence electrons. The molecule has 0 aromatic heterocycles. The molecule has 0 fully saturated rings. The Bertz CT molecular complexity index is 1850. The average molecular weight is 1200 g/mol. The first-order chi connectivity index (χ1) is 41.5. The number of hydrogen-bond donors (Lipinski definition) is 3. The van der Waals surface area contributed by atoms with Crippen LogP contribution in [0.2, 0.25) is 0 Å². The fourth-order valence-electron chi connectivity index (χ4n) is 9.72. The van der Waals surface area contributed by atoms with E-state index in [1.165, 1.54) is 154 Å². The fraction of sp³-hybridized carbons (Fsp3) is 0.697. The van der Waals surface area contributed by atoms with Crippen LogP contribution in [-0.4, -0.2) is 73.4 Å². The van der Waals surface area contributed by atoms with Crippen molar-refractivity contribution in [3.8, 4) is 0 Å². The summed E-state index contributed by atoms with van der Waals surface area (Å²) in [5.74, 6) is -0.204. The monoisotopic (exact) mass is 1200 g/mol. The third-order valence-corrected chi connectivity index (χ3v) is 16.1. The number of allylic oxidation sites excluding steroid dienone is 21. The summed E-state index contributed by atoms with van der Waals surface area (Å²) in [5, 5.41) is 14.0. The zero-order valence-corrected chi connectivity index (χ0v) is 56.7. The number of unbranched alkanes of at least 4 members (excludes halogenated alkanes) is 30. The zero-order valence-electron chi connectivity index (χ0n) is 55.8. The van der Waals surface area contributed by atoms with Crippen molar-refractivity contribution in [2.75, 3.05) is 40.9 Å². The minimum absolute atomic E-state index is 0.0494. The molecule has 8 nitrogen and oxygen atoms in total. The molecule has 0 saturated carbocycles. The van der Waals surface area contributed by atoms with Crippen LogP contribution in [-0.2, 0) is 18.4 Å². The van der Waals surface area contributed by atoms with E-state index in [4.69, 9.17) is 9.05 Å². The number of amides is 1. The van der Waals surface area contributed by atoms with Crippen LogP contribution in [0.5, 0.6) is 0 Å². The predicted octanol–water partition coefficient (Wildman–Crippen LogP) is 22.6. The molecule has 0 saturated heterocycles. The number of phosphoric acid groups is 1. The van der Waals surface area contributed by atoms with E-state index < -0.39 is 20.0 Å². The van der Waals surface area contributed by atoms with Crippen LogP contribution in [0.4, 0.5) is 0 Å². The Morgan fingerprint density at radius 1 is 0.412 bits per heavy atom. The summed E-state index contributed by atoms with van der Waals surface area (Å²) in [7, 11) is 1.54. The summed E-state index contributed by atoms with van der Waals surface area (Å²) >= 11 is 0. The first-order valence-electron chi connectivity index (χ1n) is 35.1. The smallest absolute Gasteiger partial charge is 0.387 e. The summed E-state index contributed by atoms with van der Waals surface area (Å²) in [6.07, 6.45) is 98.8. The molecule has 0 spiro atoms. The summed E-state index contributed by atoms with van der Waals surface area (Å²) in [5.41, 5.74) is 0. The van der Waals surface area contributed by atoms with E-state index in [9.17, 15) is 19.4 Å². The number of aliphatic hydroxyl groups excluding tert-OH is 1. The minimum Gasteiger partial charge on any atom is -0.387 e. The zero-order chi connectivity index (χ0) is 61.9. The maximum atomic E-state index is 13.0. The van der Waals surface area contributed by atoms with Gasteiger partial charge in [-0.25, -0.2) is 4.57 Å². The topological polar surface area (TPSA) is 105 Å². The van der Waals surface area contributed by atoms with Gasteiger partial charge in [-0.1, -0.05) is 321 Å². The standard InChI is InChI=1S/C76H133N2O6P/c1-6-8-10-12-14-16-18-20-22-24-26-28-30-32-34-36-37-38-39-40-41-42-44-46-48-50-52-54-56-58-60-62-64-66-68-70-76(80)77-74(73-84-85(81,82)83-72-71-78(3,4)5)75(79)69-67-65-63-61-59-57-55-53-51-49-47-45-43-35-33-31-29-27-25-23-21-19-17-15-13-11-9-7-2/h8,10,14,16,20,22,26,28,32,34,37-38,40-41,44,46,50,52,56,58,67,69,74-75,79H,6-7,9,11-13,15,17-19,21,23-25,27,29-31,33,35-36,39,42-43,45,47-49,51,53-55,57,59-66,68,70-73H2,1-5H3,(H-,77,80,81,82)/p+1/b10-8-,16-14-,22-20-,28-26-,34-32-,38-37-,41-40-,46-44-,52-50-,58-56-,69-67+. The van der Waals surface area contributed by atoms with Gasteiger partial charge in [-0.2, -0.15) is 0 Å². The molecule has 1 amide bonds. The van der Waals surface area contributed by atoms with Crippen LogP contribution < -0.4 is 5.32 Å². The van der Waals surface area contributed by atoms with E-state index in [1.807, 2.05) is 27.2 Å². The lowest BCUT2D eigenvalue weighted by Crippen LogP contribution is -2.45. The van der Waals surface area contributed by atoms with E-state index in [0.29, 0.717) is 17.4 Å². The summed E-state index contributed by atoms with van der Waals surface area (Å²) in [4.78, 5) is 23.4. The largest absolute Gasteiger partial charge is 0.472 e. The summed E-state index contributed by atoms with van der Waals surface area (Å²) in [6, 6.07) is -0.873. The summed E-state index contributed by atoms with van der Waals surface area (Å²) < 4.78 is 23.8. The van der Waals surface area contributed by atoms with Crippen molar-refractivity contribution < 1.29 is 32.9 Å². The first-order valence-corrected chi connectivity index (χ1v) is 36.6. The molecule has 0 aromatic rings. The van der Waals surface area contributed by atoms with Gasteiger partial charge in [0, 0.05) is 6.42 Å². The molecular formula is C76H134N2O6P+. The molecule has 0 aliphatic heterocycles. The Hall–Kier alpha value is -3.36. The Balaban J connectivity index is 4.21. The Kier molecular flexibility index (Phi) is 62.5. The van der Waals surface area contributed by atoms with Crippen molar-refractivity contribution in [2.24, 2.45) is 0 Å². The maximum absolute atomic E-state index is 13.0. The molecule has 0 aromatic carbocycles. The molecule has 0 radical (unpaired) electrons. The normalized spacial score (nSPS) is 14.5. The molecule has 0 rings (SSSR count). The first kappa shape index (κ1) is 81.6. The van der Waals surface area contributed by atoms with Gasteiger partial charge in [-0.3, -0.25) is 13.8 Å². The third-order valence-electron chi connectivity index (χ3n) is 15.1. The van der Waals surface area contributed by atoms with Gasteiger partial charge in [0.05, 0.1) is 39.9 Å². The number of hydrogen-bond acceptors (Lipinski definition) is 5. The highest BCUT2D eigenvalue weighted by molar-refractivity contribution is 7.47. The quantitative estimate of drug-likeness (QED) is 0.0243. The maximum Gasteiger partial charge on any atom is 0.472 e. The fourth-order valence-corrected chi connectivity index (χ4v) is 10.5. The number of quaternary nitrogens is 1. The van der Waals surface area contributed by atoms with Gasteiger partial charge in [0.1, 0.15) is 13.2 Å². The van der Waals surface area contributed by atoms with Crippen LogP contribution in [0.3, 0.4) is 0 Å². The lowest BCUT2D eigenvalue weighted by atomic mass is 10.0. The number of phosphoric ester groups is 1. The second-order valence-electron chi connectivity index (χ2n) is 24.5. The number of aliphatic hydroxyl groups is 1. The van der Waals surface area contributed by atoms with E-state index in [-0.39, 0.29) is 19.1 Å². The molecule has 0 aliphatic rings. The molecule has 0 bridgehead atoms. The molecule has 0 aliphatic carbocycles. The van der Waals surface area contributed by atoms with Crippen LogP contribution in [0.15, 0.2) is 134 Å². The van der Waals surface area contributed by atoms with Crippen molar-refractivity contribution in [2.45, 2.75) is 302 Å². The van der Waals surface area contributed by atoms with Crippen molar-refractivity contribution in [1.82, 2.24) is 5.32 Å². The van der Waals surface area contributed by atoms with Crippen LogP contribution >= 0.6 is 7.82 Å². The highest BCUT2D eigenvalue weighted by Crippen LogP contribution is 2.43. The second-order valence-corrected chi connectivity index (χ2v) is 26.0. The van der Waals surface area contributed by atoms with Gasteiger partial charge in [0.15, 0.2) is 0 Å². The molecule has 85 heavy (non-hydrogen) atoms. The number of nitrogens with one attached hydrogen (secondary N) is 1.